The van der Waals surface area contributed by atoms with Crippen LogP contribution in [0, 0.1) is 0 Å². The minimum atomic E-state index is -3.20. The normalized spacial score (nSPS) is 21.6. The van der Waals surface area contributed by atoms with E-state index in [0.717, 1.165) is 0 Å². The van der Waals surface area contributed by atoms with E-state index < -0.39 is 42.1 Å². The highest BCUT2D eigenvalue weighted by atomic mass is 19.3. The zero-order valence-electron chi connectivity index (χ0n) is 16.3. The third kappa shape index (κ3) is 4.54. The van der Waals surface area contributed by atoms with Crippen LogP contribution in [0.1, 0.15) is 50.4 Å². The van der Waals surface area contributed by atoms with Crippen LogP contribution in [0.2, 0.25) is 0 Å². The zero-order chi connectivity index (χ0) is 21.4. The summed E-state index contributed by atoms with van der Waals surface area (Å²) in [6.07, 6.45) is 2.04. The number of hydrogen-bond acceptors (Lipinski definition) is 6. The lowest BCUT2D eigenvalue weighted by atomic mass is 9.87. The third-order valence-corrected chi connectivity index (χ3v) is 4.49. The predicted molar refractivity (Wildman–Crippen MR) is 99.3 cm³/mol. The van der Waals surface area contributed by atoms with Gasteiger partial charge in [0.2, 0.25) is 0 Å². The Morgan fingerprint density at radius 2 is 2.10 bits per heavy atom. The molecule has 1 saturated carbocycles. The van der Waals surface area contributed by atoms with Crippen molar-refractivity contribution in [2.24, 2.45) is 0 Å². The number of anilines is 1. The van der Waals surface area contributed by atoms with Gasteiger partial charge < -0.3 is 20.5 Å². The van der Waals surface area contributed by atoms with Gasteiger partial charge in [-0.25, -0.2) is 27.9 Å². The molecule has 1 amide bonds. The van der Waals surface area contributed by atoms with Gasteiger partial charge in [-0.1, -0.05) is 0 Å². The number of aromatic nitrogens is 3. The van der Waals surface area contributed by atoms with Gasteiger partial charge in [-0.15, -0.1) is 5.10 Å². The van der Waals surface area contributed by atoms with Crippen molar-refractivity contribution in [1.82, 2.24) is 19.9 Å². The molecule has 2 heterocycles. The van der Waals surface area contributed by atoms with Crippen LogP contribution >= 0.6 is 0 Å². The molecule has 2 aromatic heterocycles. The van der Waals surface area contributed by atoms with Crippen LogP contribution in [0.15, 0.2) is 18.5 Å². The first-order valence-corrected chi connectivity index (χ1v) is 9.18. The minimum Gasteiger partial charge on any atom is -0.477 e. The molecule has 0 aromatic carbocycles. The molecular weight excluding hydrogens is 388 g/mol. The first kappa shape index (κ1) is 20.7. The number of carboxylic acids is 1. The van der Waals surface area contributed by atoms with Crippen LogP contribution in [-0.4, -0.2) is 55.4 Å². The molecule has 1 fully saturated rings. The van der Waals surface area contributed by atoms with Crippen LogP contribution in [0.3, 0.4) is 0 Å². The minimum absolute atomic E-state index is 0.0849. The molecule has 2 atom stereocenters. The van der Waals surface area contributed by atoms with Crippen LogP contribution < -0.4 is 10.6 Å². The number of hydrogen-bond donors (Lipinski definition) is 3. The number of nitrogens with one attached hydrogen (secondary N) is 2. The number of amides is 1. The van der Waals surface area contributed by atoms with Crippen molar-refractivity contribution in [3.63, 3.8) is 0 Å². The maximum Gasteiger partial charge on any atom is 0.408 e. The van der Waals surface area contributed by atoms with Crippen LogP contribution in [0.5, 0.6) is 0 Å². The van der Waals surface area contributed by atoms with E-state index in [9.17, 15) is 23.5 Å². The maximum absolute atomic E-state index is 14.6. The fourth-order valence-electron chi connectivity index (χ4n) is 3.33. The lowest BCUT2D eigenvalue weighted by molar-refractivity contribution is -0.0691. The molecule has 0 spiro atoms. The number of alkyl halides is 2. The number of carboxylic acid groups (broad SMARTS) is 1. The number of alkyl carbamates (subject to hydrolysis) is 1. The first-order valence-electron chi connectivity index (χ1n) is 9.18. The molecule has 29 heavy (non-hydrogen) atoms. The Morgan fingerprint density at radius 3 is 2.76 bits per heavy atom. The van der Waals surface area contributed by atoms with Crippen molar-refractivity contribution in [3.05, 3.63) is 24.0 Å². The summed E-state index contributed by atoms with van der Waals surface area (Å²) in [5.74, 6) is -4.58. The van der Waals surface area contributed by atoms with Crippen molar-refractivity contribution in [2.75, 3.05) is 5.32 Å². The summed E-state index contributed by atoms with van der Waals surface area (Å²) in [6, 6.07) is -0.975. The predicted octanol–water partition coefficient (Wildman–Crippen LogP) is 2.92. The molecule has 3 rings (SSSR count). The van der Waals surface area contributed by atoms with Gasteiger partial charge in [0.15, 0.2) is 11.5 Å². The molecule has 0 bridgehead atoms. The molecule has 0 radical (unpaired) electrons. The summed E-state index contributed by atoms with van der Waals surface area (Å²) >= 11 is 0. The number of fused-ring (bicyclic) bond motifs is 1. The van der Waals surface area contributed by atoms with E-state index in [-0.39, 0.29) is 29.9 Å². The molecule has 3 N–H and O–H groups in total. The van der Waals surface area contributed by atoms with E-state index in [0.29, 0.717) is 0 Å². The lowest BCUT2D eigenvalue weighted by Crippen LogP contribution is -2.59. The van der Waals surface area contributed by atoms with Gasteiger partial charge in [0.25, 0.3) is 5.92 Å². The van der Waals surface area contributed by atoms with Crippen molar-refractivity contribution in [3.8, 4) is 0 Å². The number of rotatable bonds is 4. The van der Waals surface area contributed by atoms with Gasteiger partial charge in [0.05, 0.1) is 6.04 Å². The zero-order valence-corrected chi connectivity index (χ0v) is 16.3. The highest BCUT2D eigenvalue weighted by Gasteiger charge is 2.49. The van der Waals surface area contributed by atoms with Gasteiger partial charge >= 0.3 is 12.1 Å². The van der Waals surface area contributed by atoms with E-state index in [4.69, 9.17) is 4.74 Å². The number of carbonyl (C=O) groups excluding carboxylic acids is 1. The average molecular weight is 411 g/mol. The number of aromatic carboxylic acids is 1. The van der Waals surface area contributed by atoms with Crippen molar-refractivity contribution < 1.29 is 28.2 Å². The molecule has 0 saturated heterocycles. The van der Waals surface area contributed by atoms with Gasteiger partial charge in [0.1, 0.15) is 17.2 Å². The van der Waals surface area contributed by atoms with E-state index >= 15 is 0 Å². The molecule has 1 aliphatic rings. The van der Waals surface area contributed by atoms with Crippen molar-refractivity contribution in [2.45, 2.75) is 63.6 Å². The molecular formula is C18H23F2N5O4. The molecule has 2 aromatic rings. The summed E-state index contributed by atoms with van der Waals surface area (Å²) < 4.78 is 35.6. The van der Waals surface area contributed by atoms with E-state index in [1.807, 2.05) is 0 Å². The number of carbonyl (C=O) groups is 2. The summed E-state index contributed by atoms with van der Waals surface area (Å²) in [6.45, 7) is 4.89. The quantitative estimate of drug-likeness (QED) is 0.708. The van der Waals surface area contributed by atoms with Crippen LogP contribution in [0.4, 0.5) is 19.4 Å². The van der Waals surface area contributed by atoms with Crippen molar-refractivity contribution >= 4 is 23.5 Å². The topological polar surface area (TPSA) is 118 Å². The van der Waals surface area contributed by atoms with Gasteiger partial charge in [-0.2, -0.15) is 0 Å². The Hall–Kier alpha value is -2.98. The fourth-order valence-corrected chi connectivity index (χ4v) is 3.33. The lowest BCUT2D eigenvalue weighted by Gasteiger charge is -2.38. The molecule has 9 nitrogen and oxygen atoms in total. The summed E-state index contributed by atoms with van der Waals surface area (Å²) in [5, 5.41) is 18.7. The standard InChI is InChI=1S/C18H23F2N5O4/c1-17(2,3)29-16(28)23-12-10(6-4-7-18(12,19)20)22-13-11(15(26)27)14-21-8-5-9-25(14)24-13/h5,8-10,12H,4,6-7H2,1-3H3,(H,22,24)(H,23,28)(H,26,27)/t10-,12-/m1/s1. The van der Waals surface area contributed by atoms with Crippen molar-refractivity contribution in [1.29, 1.82) is 0 Å². The largest absolute Gasteiger partial charge is 0.477 e. The maximum atomic E-state index is 14.6. The Morgan fingerprint density at radius 1 is 1.38 bits per heavy atom. The number of nitrogens with zero attached hydrogens (tertiary/aromatic N) is 3. The molecule has 0 unspecified atom stereocenters. The Labute approximate surface area is 165 Å². The van der Waals surface area contributed by atoms with Gasteiger partial charge in [-0.3, -0.25) is 0 Å². The summed E-state index contributed by atoms with van der Waals surface area (Å²) in [5.41, 5.74) is -0.988. The Bertz CT molecular complexity index is 925. The molecule has 11 heteroatoms. The third-order valence-electron chi connectivity index (χ3n) is 4.49. The Balaban J connectivity index is 1.90. The second-order valence-corrected chi connectivity index (χ2v) is 7.94. The number of ether oxygens (including phenoxy) is 1. The second kappa shape index (κ2) is 7.45. The average Bonchev–Trinajstić information content (AvgIpc) is 2.94. The van der Waals surface area contributed by atoms with Crippen LogP contribution in [0.25, 0.3) is 5.65 Å². The summed E-state index contributed by atoms with van der Waals surface area (Å²) in [4.78, 5) is 27.8. The smallest absolute Gasteiger partial charge is 0.408 e. The molecule has 158 valence electrons. The van der Waals surface area contributed by atoms with Crippen LogP contribution in [-0.2, 0) is 4.74 Å². The van der Waals surface area contributed by atoms with E-state index in [1.54, 1.807) is 26.8 Å². The first-order chi connectivity index (χ1) is 13.5. The second-order valence-electron chi connectivity index (χ2n) is 7.94. The SMILES string of the molecule is CC(C)(C)OC(=O)N[C@@H]1[C@H](Nc2nn3cccnc3c2C(=O)O)CCCC1(F)F. The van der Waals surface area contributed by atoms with E-state index in [2.05, 4.69) is 20.7 Å². The highest BCUT2D eigenvalue weighted by Crippen LogP contribution is 2.36. The van der Waals surface area contributed by atoms with Gasteiger partial charge in [0, 0.05) is 18.8 Å². The Kier molecular flexibility index (Phi) is 5.33. The highest BCUT2D eigenvalue weighted by molar-refractivity contribution is 6.00. The van der Waals surface area contributed by atoms with Gasteiger partial charge in [-0.05, 0) is 39.7 Å². The number of halogens is 2. The fraction of sp³-hybridized carbons (Fsp3) is 0.556. The molecule has 0 aliphatic heterocycles. The van der Waals surface area contributed by atoms with E-state index in [1.165, 1.54) is 16.9 Å². The molecule has 1 aliphatic carbocycles. The monoisotopic (exact) mass is 411 g/mol. The summed E-state index contributed by atoms with van der Waals surface area (Å²) in [7, 11) is 0.